The number of hydrogen-bond donors (Lipinski definition) is 1. The van der Waals surface area contributed by atoms with Crippen molar-refractivity contribution in [3.05, 3.63) is 23.3 Å². The monoisotopic (exact) mass is 262 g/mol. The molecule has 1 heterocycles. The van der Waals surface area contributed by atoms with Gasteiger partial charge in [0.1, 0.15) is 13.2 Å². The van der Waals surface area contributed by atoms with Crippen LogP contribution in [0.1, 0.15) is 25.0 Å². The van der Waals surface area contributed by atoms with E-state index in [-0.39, 0.29) is 30.3 Å². The number of benzene rings is 1. The Kier molecular flexibility index (Phi) is 2.93. The normalized spacial score (nSPS) is 15.7. The smallest absolute Gasteiger partial charge is 0.416 e. The zero-order chi connectivity index (χ0) is 13.6. The topological polar surface area (TPSA) is 38.7 Å². The molecule has 100 valence electrons. The summed E-state index contributed by atoms with van der Waals surface area (Å²) in [7, 11) is 0. The molecular weight excluding hydrogens is 249 g/mol. The third-order valence-electron chi connectivity index (χ3n) is 2.65. The maximum Gasteiger partial charge on any atom is 0.416 e. The molecular formula is C12H13F3O3. The fourth-order valence-electron chi connectivity index (χ4n) is 1.83. The number of fused-ring (bicyclic) bond motifs is 1. The van der Waals surface area contributed by atoms with Gasteiger partial charge >= 0.3 is 6.18 Å². The Bertz CT molecular complexity index is 418. The van der Waals surface area contributed by atoms with Gasteiger partial charge in [0.2, 0.25) is 0 Å². The van der Waals surface area contributed by atoms with Gasteiger partial charge in [0.05, 0.1) is 11.2 Å². The molecule has 0 aromatic heterocycles. The summed E-state index contributed by atoms with van der Waals surface area (Å²) in [5.41, 5.74) is -2.74. The van der Waals surface area contributed by atoms with Gasteiger partial charge < -0.3 is 14.6 Å². The van der Waals surface area contributed by atoms with Crippen molar-refractivity contribution in [1.29, 1.82) is 0 Å². The van der Waals surface area contributed by atoms with Crippen molar-refractivity contribution in [2.45, 2.75) is 25.6 Å². The molecule has 1 aromatic rings. The van der Waals surface area contributed by atoms with E-state index in [0.717, 1.165) is 6.07 Å². The van der Waals surface area contributed by atoms with Crippen LogP contribution >= 0.6 is 0 Å². The van der Waals surface area contributed by atoms with Crippen LogP contribution in [-0.4, -0.2) is 18.3 Å². The van der Waals surface area contributed by atoms with Gasteiger partial charge in [0.15, 0.2) is 11.5 Å². The summed E-state index contributed by atoms with van der Waals surface area (Å²) >= 11 is 0. The third kappa shape index (κ3) is 2.38. The summed E-state index contributed by atoms with van der Waals surface area (Å²) in [5, 5.41) is 9.84. The largest absolute Gasteiger partial charge is 0.486 e. The highest BCUT2D eigenvalue weighted by atomic mass is 19.4. The zero-order valence-corrected chi connectivity index (χ0v) is 9.97. The maximum atomic E-state index is 12.9. The van der Waals surface area contributed by atoms with Gasteiger partial charge in [0.25, 0.3) is 0 Å². The molecule has 18 heavy (non-hydrogen) atoms. The van der Waals surface area contributed by atoms with E-state index < -0.39 is 17.3 Å². The van der Waals surface area contributed by atoms with Crippen LogP contribution in [0.15, 0.2) is 12.1 Å². The Balaban J connectivity index is 2.63. The molecule has 0 bridgehead atoms. The lowest BCUT2D eigenvalue weighted by molar-refractivity contribution is -0.140. The molecule has 0 aliphatic carbocycles. The van der Waals surface area contributed by atoms with Crippen molar-refractivity contribution in [3.8, 4) is 11.5 Å². The second-order valence-corrected chi connectivity index (χ2v) is 4.60. The van der Waals surface area contributed by atoms with Crippen molar-refractivity contribution in [2.24, 2.45) is 0 Å². The van der Waals surface area contributed by atoms with Crippen molar-refractivity contribution in [2.75, 3.05) is 13.2 Å². The van der Waals surface area contributed by atoms with E-state index in [9.17, 15) is 18.3 Å². The Morgan fingerprint density at radius 1 is 1.00 bits per heavy atom. The molecule has 0 unspecified atom stereocenters. The van der Waals surface area contributed by atoms with Crippen molar-refractivity contribution in [3.63, 3.8) is 0 Å². The number of ether oxygens (including phenoxy) is 2. The SMILES string of the molecule is CC(C)(O)c1cc2c(cc1C(F)(F)F)OCCO2. The van der Waals surface area contributed by atoms with Gasteiger partial charge in [-0.05, 0) is 31.5 Å². The van der Waals surface area contributed by atoms with E-state index in [2.05, 4.69) is 0 Å². The molecule has 0 fully saturated rings. The van der Waals surface area contributed by atoms with Gasteiger partial charge in [0, 0.05) is 0 Å². The average molecular weight is 262 g/mol. The Morgan fingerprint density at radius 3 is 1.83 bits per heavy atom. The van der Waals surface area contributed by atoms with Crippen molar-refractivity contribution >= 4 is 0 Å². The lowest BCUT2D eigenvalue weighted by atomic mass is 9.92. The van der Waals surface area contributed by atoms with Crippen LogP contribution in [0.25, 0.3) is 0 Å². The Hall–Kier alpha value is -1.43. The fourth-order valence-corrected chi connectivity index (χ4v) is 1.83. The molecule has 0 saturated carbocycles. The number of hydrogen-bond acceptors (Lipinski definition) is 3. The van der Waals surface area contributed by atoms with E-state index in [1.807, 2.05) is 0 Å². The van der Waals surface area contributed by atoms with Crippen LogP contribution in [0.3, 0.4) is 0 Å². The Labute approximate surface area is 102 Å². The minimum atomic E-state index is -4.55. The molecule has 0 saturated heterocycles. The number of rotatable bonds is 1. The third-order valence-corrected chi connectivity index (χ3v) is 2.65. The van der Waals surface area contributed by atoms with Crippen molar-refractivity contribution < 1.29 is 27.8 Å². The summed E-state index contributed by atoms with van der Waals surface area (Å²) in [5.74, 6) is 0.285. The second-order valence-electron chi connectivity index (χ2n) is 4.60. The first-order valence-corrected chi connectivity index (χ1v) is 5.43. The second kappa shape index (κ2) is 4.05. The molecule has 0 amide bonds. The van der Waals surface area contributed by atoms with Crippen molar-refractivity contribution in [1.82, 2.24) is 0 Å². The molecule has 1 N–H and O–H groups in total. The first-order chi connectivity index (χ1) is 8.19. The highest BCUT2D eigenvalue weighted by Gasteiger charge is 2.39. The molecule has 1 aliphatic rings. The fraction of sp³-hybridized carbons (Fsp3) is 0.500. The predicted molar refractivity (Wildman–Crippen MR) is 57.7 cm³/mol. The highest BCUT2D eigenvalue weighted by molar-refractivity contribution is 5.50. The van der Waals surface area contributed by atoms with E-state index in [0.29, 0.717) is 0 Å². The number of alkyl halides is 3. The standard InChI is InChI=1S/C12H13F3O3/c1-11(2,16)7-5-9-10(18-4-3-17-9)6-8(7)12(13,14)15/h5-6,16H,3-4H2,1-2H3. The maximum absolute atomic E-state index is 12.9. The van der Waals surface area contributed by atoms with Gasteiger partial charge in [-0.3, -0.25) is 0 Å². The van der Waals surface area contributed by atoms with Crippen LogP contribution in [0.2, 0.25) is 0 Å². The van der Waals surface area contributed by atoms with E-state index in [4.69, 9.17) is 9.47 Å². The molecule has 6 heteroatoms. The summed E-state index contributed by atoms with van der Waals surface area (Å²) in [6, 6.07) is 2.07. The van der Waals surface area contributed by atoms with Gasteiger partial charge in [-0.2, -0.15) is 13.2 Å². The number of halogens is 3. The first kappa shape index (κ1) is 13.0. The molecule has 1 aromatic carbocycles. The zero-order valence-electron chi connectivity index (χ0n) is 9.97. The highest BCUT2D eigenvalue weighted by Crippen LogP contribution is 2.43. The summed E-state index contributed by atoms with van der Waals surface area (Å²) in [4.78, 5) is 0. The van der Waals surface area contributed by atoms with Crippen LogP contribution in [-0.2, 0) is 11.8 Å². The van der Waals surface area contributed by atoms with Crippen LogP contribution in [0, 0.1) is 0 Å². The number of aliphatic hydroxyl groups is 1. The summed E-state index contributed by atoms with van der Waals surface area (Å²) in [6.45, 7) is 3.09. The molecule has 2 rings (SSSR count). The predicted octanol–water partition coefficient (Wildman–Crippen LogP) is 2.70. The molecule has 0 radical (unpaired) electrons. The molecule has 0 spiro atoms. The first-order valence-electron chi connectivity index (χ1n) is 5.43. The quantitative estimate of drug-likeness (QED) is 0.845. The lowest BCUT2D eigenvalue weighted by Gasteiger charge is -2.27. The van der Waals surface area contributed by atoms with Crippen LogP contribution in [0.4, 0.5) is 13.2 Å². The summed E-state index contributed by atoms with van der Waals surface area (Å²) in [6.07, 6.45) is -4.55. The van der Waals surface area contributed by atoms with E-state index in [1.165, 1.54) is 19.9 Å². The van der Waals surface area contributed by atoms with Gasteiger partial charge in [-0.1, -0.05) is 0 Å². The minimum absolute atomic E-state index is 0.0570. The molecule has 3 nitrogen and oxygen atoms in total. The minimum Gasteiger partial charge on any atom is -0.486 e. The average Bonchev–Trinajstić information content (AvgIpc) is 2.25. The van der Waals surface area contributed by atoms with Crippen LogP contribution in [0.5, 0.6) is 11.5 Å². The lowest BCUT2D eigenvalue weighted by Crippen LogP contribution is -2.24. The Morgan fingerprint density at radius 2 is 1.44 bits per heavy atom. The molecule has 1 aliphatic heterocycles. The van der Waals surface area contributed by atoms with Gasteiger partial charge in [-0.25, -0.2) is 0 Å². The van der Waals surface area contributed by atoms with Crippen LogP contribution < -0.4 is 9.47 Å². The van der Waals surface area contributed by atoms with E-state index in [1.54, 1.807) is 0 Å². The summed E-state index contributed by atoms with van der Waals surface area (Å²) < 4.78 is 49.2. The molecule has 0 atom stereocenters. The van der Waals surface area contributed by atoms with E-state index >= 15 is 0 Å². The van der Waals surface area contributed by atoms with Gasteiger partial charge in [-0.15, -0.1) is 0 Å².